The monoisotopic (exact) mass is 382 g/mol. The van der Waals surface area contributed by atoms with Crippen LogP contribution in [-0.4, -0.2) is 39.4 Å². The molecule has 0 unspecified atom stereocenters. The number of hydrogen-bond donors (Lipinski definition) is 1. The van der Waals surface area contributed by atoms with Gasteiger partial charge in [-0.3, -0.25) is 4.79 Å². The van der Waals surface area contributed by atoms with Crippen molar-refractivity contribution in [2.45, 2.75) is 6.92 Å². The number of nitrogens with one attached hydrogen (secondary N) is 1. The number of amides is 1. The van der Waals surface area contributed by atoms with Crippen molar-refractivity contribution in [2.24, 2.45) is 0 Å². The highest BCUT2D eigenvalue weighted by atomic mass is 35.5. The van der Waals surface area contributed by atoms with Crippen LogP contribution < -0.4 is 4.72 Å². The Bertz CT molecular complexity index is 872. The summed E-state index contributed by atoms with van der Waals surface area (Å²) in [7, 11) is -1.96. The van der Waals surface area contributed by atoms with Crippen LogP contribution in [0.25, 0.3) is 11.3 Å². The van der Waals surface area contributed by atoms with Gasteiger partial charge in [0.05, 0.1) is 0 Å². The second-order valence-corrected chi connectivity index (χ2v) is 7.93. The third-order valence-electron chi connectivity index (χ3n) is 3.49. The van der Waals surface area contributed by atoms with Gasteiger partial charge in [0, 0.05) is 35.6 Å². The van der Waals surface area contributed by atoms with E-state index in [1.807, 2.05) is 0 Å². The average molecular weight is 383 g/mol. The van der Waals surface area contributed by atoms with Crippen molar-refractivity contribution in [1.29, 1.82) is 0 Å². The zero-order chi connectivity index (χ0) is 18.6. The average Bonchev–Trinajstić information content (AvgIpc) is 3.04. The fourth-order valence-electron chi connectivity index (χ4n) is 1.98. The summed E-state index contributed by atoms with van der Waals surface area (Å²) in [5.74, 6) is 0.390. The summed E-state index contributed by atoms with van der Waals surface area (Å²) < 4.78 is 31.1. The minimum atomic E-state index is -3.54. The fourth-order valence-corrected chi connectivity index (χ4v) is 2.72. The maximum atomic E-state index is 12.3. The molecule has 0 radical (unpaired) electrons. The van der Waals surface area contributed by atoms with Gasteiger partial charge in [-0.15, -0.1) is 0 Å². The smallest absolute Gasteiger partial charge is 0.289 e. The highest BCUT2D eigenvalue weighted by Crippen LogP contribution is 2.24. The molecule has 0 spiro atoms. The molecule has 0 aliphatic carbocycles. The number of carbonyl (C=O) groups excluding carboxylic acids is 1. The predicted molar refractivity (Wildman–Crippen MR) is 97.9 cm³/mol. The number of benzene rings is 1. The molecule has 0 atom stereocenters. The second-order valence-electron chi connectivity index (χ2n) is 5.50. The van der Waals surface area contributed by atoms with Crippen LogP contribution in [0.4, 0.5) is 0 Å². The highest BCUT2D eigenvalue weighted by molar-refractivity contribution is 7.93. The Kier molecular flexibility index (Phi) is 6.05. The fraction of sp³-hybridized carbons (Fsp3) is 0.235. The first kappa shape index (κ1) is 19.2. The summed E-state index contributed by atoms with van der Waals surface area (Å²) >= 11 is 5.85. The number of furan rings is 1. The van der Waals surface area contributed by atoms with Crippen LogP contribution >= 0.6 is 11.6 Å². The lowest BCUT2D eigenvalue weighted by molar-refractivity contribution is 0.0767. The van der Waals surface area contributed by atoms with Gasteiger partial charge in [0.2, 0.25) is 10.0 Å². The van der Waals surface area contributed by atoms with Crippen molar-refractivity contribution in [3.8, 4) is 11.3 Å². The van der Waals surface area contributed by atoms with Crippen LogP contribution in [0, 0.1) is 0 Å². The van der Waals surface area contributed by atoms with Crippen molar-refractivity contribution >= 4 is 27.5 Å². The van der Waals surface area contributed by atoms with E-state index in [4.69, 9.17) is 16.0 Å². The molecule has 0 bridgehead atoms. The molecule has 0 aliphatic rings. The molecule has 1 heterocycles. The number of hydrogen-bond acceptors (Lipinski definition) is 4. The summed E-state index contributed by atoms with van der Waals surface area (Å²) in [6, 6.07) is 10.4. The van der Waals surface area contributed by atoms with Gasteiger partial charge in [-0.25, -0.2) is 13.1 Å². The Morgan fingerprint density at radius 3 is 2.48 bits per heavy atom. The number of sulfonamides is 1. The first-order valence-electron chi connectivity index (χ1n) is 7.47. The van der Waals surface area contributed by atoms with Crippen molar-refractivity contribution in [3.63, 3.8) is 0 Å². The van der Waals surface area contributed by atoms with Crippen LogP contribution in [0.1, 0.15) is 17.5 Å². The van der Waals surface area contributed by atoms with Crippen LogP contribution in [-0.2, 0) is 10.0 Å². The summed E-state index contributed by atoms with van der Waals surface area (Å²) in [5.41, 5.74) is 0.806. The summed E-state index contributed by atoms with van der Waals surface area (Å²) in [4.78, 5) is 13.8. The van der Waals surface area contributed by atoms with Crippen molar-refractivity contribution in [3.05, 3.63) is 58.7 Å². The molecule has 134 valence electrons. The molecule has 2 aromatic rings. The van der Waals surface area contributed by atoms with Crippen LogP contribution in [0.5, 0.6) is 0 Å². The van der Waals surface area contributed by atoms with E-state index in [-0.39, 0.29) is 29.7 Å². The Balaban J connectivity index is 1.98. The van der Waals surface area contributed by atoms with E-state index < -0.39 is 10.0 Å². The number of rotatable bonds is 7. The molecule has 2 rings (SSSR count). The Morgan fingerprint density at radius 2 is 1.88 bits per heavy atom. The Morgan fingerprint density at radius 1 is 1.24 bits per heavy atom. The number of nitrogens with zero attached hydrogens (tertiary/aromatic N) is 1. The molecule has 6 nitrogen and oxygen atoms in total. The van der Waals surface area contributed by atoms with Gasteiger partial charge < -0.3 is 9.32 Å². The third-order valence-corrected chi connectivity index (χ3v) is 5.24. The van der Waals surface area contributed by atoms with E-state index >= 15 is 0 Å². The molecule has 1 N–H and O–H groups in total. The van der Waals surface area contributed by atoms with Crippen molar-refractivity contribution < 1.29 is 17.6 Å². The lowest BCUT2D eigenvalue weighted by Gasteiger charge is -2.16. The van der Waals surface area contributed by atoms with E-state index in [0.29, 0.717) is 10.8 Å². The molecule has 1 aromatic heterocycles. The van der Waals surface area contributed by atoms with E-state index in [9.17, 15) is 13.2 Å². The Labute approximate surface area is 152 Å². The molecular formula is C17H19ClN2O4S. The molecule has 25 heavy (non-hydrogen) atoms. The van der Waals surface area contributed by atoms with Gasteiger partial charge in [0.25, 0.3) is 5.91 Å². The highest BCUT2D eigenvalue weighted by Gasteiger charge is 2.17. The zero-order valence-corrected chi connectivity index (χ0v) is 15.5. The number of halogens is 1. The number of allylic oxidation sites excluding steroid dienone is 1. The molecular weight excluding hydrogens is 364 g/mol. The molecule has 1 amide bonds. The van der Waals surface area contributed by atoms with Gasteiger partial charge in [0.15, 0.2) is 5.76 Å². The first-order valence-corrected chi connectivity index (χ1v) is 9.33. The number of likely N-dealkylation sites (N-methyl/N-ethyl adjacent to an activating group) is 1. The zero-order valence-electron chi connectivity index (χ0n) is 14.0. The molecule has 0 saturated carbocycles. The molecule has 0 aliphatic heterocycles. The van der Waals surface area contributed by atoms with Crippen molar-refractivity contribution in [1.82, 2.24) is 9.62 Å². The summed E-state index contributed by atoms with van der Waals surface area (Å²) in [6.45, 7) is 5.07. The van der Waals surface area contributed by atoms with Gasteiger partial charge in [0.1, 0.15) is 5.76 Å². The van der Waals surface area contributed by atoms with Crippen molar-refractivity contribution in [2.75, 3.05) is 20.1 Å². The Hall–Kier alpha value is -2.09. The summed E-state index contributed by atoms with van der Waals surface area (Å²) in [5, 5.41) is 0.614. The standard InChI is InChI=1S/C17H19ClN2O4S/c1-12(2)25(22,23)19-10-11-20(3)17(21)16-9-8-15(24-16)13-4-6-14(18)7-5-13/h4-9,19H,1,10-11H2,2-3H3. The first-order chi connectivity index (χ1) is 11.7. The van der Waals surface area contributed by atoms with Crippen LogP contribution in [0.2, 0.25) is 5.02 Å². The lowest BCUT2D eigenvalue weighted by Crippen LogP contribution is -2.36. The minimum Gasteiger partial charge on any atom is -0.451 e. The normalized spacial score (nSPS) is 11.3. The van der Waals surface area contributed by atoms with Gasteiger partial charge >= 0.3 is 0 Å². The molecule has 0 saturated heterocycles. The van der Waals surface area contributed by atoms with E-state index in [0.717, 1.165) is 5.56 Å². The van der Waals surface area contributed by atoms with Gasteiger partial charge in [-0.2, -0.15) is 0 Å². The molecule has 1 aromatic carbocycles. The van der Waals surface area contributed by atoms with E-state index in [2.05, 4.69) is 11.3 Å². The largest absolute Gasteiger partial charge is 0.451 e. The maximum absolute atomic E-state index is 12.3. The number of carbonyl (C=O) groups is 1. The maximum Gasteiger partial charge on any atom is 0.289 e. The SMILES string of the molecule is C=C(C)S(=O)(=O)NCCN(C)C(=O)c1ccc(-c2ccc(Cl)cc2)o1. The van der Waals surface area contributed by atoms with Crippen LogP contribution in [0.15, 0.2) is 52.3 Å². The molecule has 0 fully saturated rings. The van der Waals surface area contributed by atoms with E-state index in [1.54, 1.807) is 43.4 Å². The van der Waals surface area contributed by atoms with E-state index in [1.165, 1.54) is 11.8 Å². The second kappa shape index (κ2) is 7.86. The quantitative estimate of drug-likeness (QED) is 0.797. The van der Waals surface area contributed by atoms with Crippen LogP contribution in [0.3, 0.4) is 0 Å². The molecule has 8 heteroatoms. The lowest BCUT2D eigenvalue weighted by atomic mass is 10.2. The topological polar surface area (TPSA) is 79.6 Å². The summed E-state index contributed by atoms with van der Waals surface area (Å²) in [6.07, 6.45) is 0. The minimum absolute atomic E-state index is 0.0279. The third kappa shape index (κ3) is 4.94. The van der Waals surface area contributed by atoms with Gasteiger partial charge in [-0.1, -0.05) is 18.2 Å². The predicted octanol–water partition coefficient (Wildman–Crippen LogP) is 3.13. The van der Waals surface area contributed by atoms with Gasteiger partial charge in [-0.05, 0) is 43.3 Å².